The molecule has 10 heteroatoms. The zero-order chi connectivity index (χ0) is 31.9. The molecule has 0 aromatic heterocycles. The fourth-order valence-electron chi connectivity index (χ4n) is 5.07. The summed E-state index contributed by atoms with van der Waals surface area (Å²) in [6, 6.07) is 0. The van der Waals surface area contributed by atoms with E-state index >= 15 is 0 Å². The molecule has 0 aromatic carbocycles. The summed E-state index contributed by atoms with van der Waals surface area (Å²) in [5.74, 6) is -0.103. The Bertz CT molecular complexity index is 695. The van der Waals surface area contributed by atoms with Gasteiger partial charge in [0.05, 0.1) is 31.5 Å². The molecule has 0 radical (unpaired) electrons. The highest BCUT2D eigenvalue weighted by Crippen LogP contribution is 2.30. The number of ether oxygens (including phenoxy) is 1. The number of carbonyl (C=O) groups is 1. The van der Waals surface area contributed by atoms with E-state index in [4.69, 9.17) is 22.4 Å². The predicted molar refractivity (Wildman–Crippen MR) is 186 cm³/mol. The number of carbonyl (C=O) groups excluding carboxylic acids is 1. The number of hydrogen-bond acceptors (Lipinski definition) is 6. The first kappa shape index (κ1) is 41.2. The summed E-state index contributed by atoms with van der Waals surface area (Å²) in [7, 11) is -5.80. The van der Waals surface area contributed by atoms with Gasteiger partial charge in [-0.15, -0.1) is 0 Å². The minimum Gasteiger partial charge on any atom is -0.469 e. The van der Waals surface area contributed by atoms with Gasteiger partial charge in [0.2, 0.25) is 0 Å². The topological polar surface area (TPSA) is 63.2 Å². The number of hydrogen-bond donors (Lipinski definition) is 0. The lowest BCUT2D eigenvalue weighted by molar-refractivity contribution is -0.140. The summed E-state index contributed by atoms with van der Waals surface area (Å²) >= 11 is 0. The number of rotatable bonds is 24. The molecule has 246 valence electrons. The third kappa shape index (κ3) is 24.2. The van der Waals surface area contributed by atoms with Gasteiger partial charge in [0.25, 0.3) is 0 Å². The number of unbranched alkanes of at least 4 members (excludes halogenated alkanes) is 6. The molecule has 0 rings (SSSR count). The van der Waals surface area contributed by atoms with Crippen molar-refractivity contribution >= 4 is 39.2 Å². The van der Waals surface area contributed by atoms with Gasteiger partial charge in [-0.25, -0.2) is 0 Å². The zero-order valence-electron chi connectivity index (χ0n) is 29.7. The average molecular weight is 651 g/mol. The van der Waals surface area contributed by atoms with Crippen LogP contribution in [-0.2, 0) is 27.2 Å². The first-order valence-corrected chi connectivity index (χ1v) is 30.1. The summed E-state index contributed by atoms with van der Waals surface area (Å²) in [5.41, 5.74) is 0. The standard InChI is InChI=1S/C31H70O6Si4/c1-15-16-23-27(34-38(3,4)5)29(36-40(9,10)11)26-30(37-41(12,13)14)28(35-39(6,7)8)24-21-19-17-18-20-22-25-31(32)33-2/h27-30H,15-26H2,1-14H3. The fraction of sp³-hybridized carbons (Fsp3) is 0.968. The van der Waals surface area contributed by atoms with E-state index in [1.165, 1.54) is 20.0 Å². The Balaban J connectivity index is 5.85. The smallest absolute Gasteiger partial charge is 0.305 e. The average Bonchev–Trinajstić information content (AvgIpc) is 2.78. The van der Waals surface area contributed by atoms with Gasteiger partial charge in [0, 0.05) is 12.8 Å². The second-order valence-electron chi connectivity index (χ2n) is 15.7. The van der Waals surface area contributed by atoms with E-state index in [1.54, 1.807) is 0 Å². The van der Waals surface area contributed by atoms with Crippen molar-refractivity contribution in [2.75, 3.05) is 7.11 Å². The van der Waals surface area contributed by atoms with Crippen LogP contribution >= 0.6 is 0 Å². The molecule has 0 saturated carbocycles. The van der Waals surface area contributed by atoms with Crippen molar-refractivity contribution in [2.24, 2.45) is 0 Å². The van der Waals surface area contributed by atoms with Crippen LogP contribution in [0.4, 0.5) is 0 Å². The van der Waals surface area contributed by atoms with Crippen LogP contribution < -0.4 is 0 Å². The van der Waals surface area contributed by atoms with Gasteiger partial charge in [-0.1, -0.05) is 51.9 Å². The molecule has 0 spiro atoms. The van der Waals surface area contributed by atoms with Crippen LogP contribution in [-0.4, -0.2) is 70.8 Å². The molecule has 0 aliphatic heterocycles. The first-order valence-electron chi connectivity index (χ1n) is 16.4. The van der Waals surface area contributed by atoms with Crippen molar-refractivity contribution in [1.29, 1.82) is 0 Å². The van der Waals surface area contributed by atoms with Gasteiger partial charge >= 0.3 is 5.97 Å². The lowest BCUT2D eigenvalue weighted by Crippen LogP contribution is -2.50. The monoisotopic (exact) mass is 650 g/mol. The van der Waals surface area contributed by atoms with Crippen LogP contribution in [0.1, 0.15) is 84.0 Å². The van der Waals surface area contributed by atoms with Gasteiger partial charge in [-0.3, -0.25) is 4.79 Å². The summed E-state index contributed by atoms with van der Waals surface area (Å²) < 4.78 is 32.5. The lowest BCUT2D eigenvalue weighted by atomic mass is 9.96. The third-order valence-corrected chi connectivity index (χ3v) is 10.5. The predicted octanol–water partition coefficient (Wildman–Crippen LogP) is 9.74. The van der Waals surface area contributed by atoms with Crippen LogP contribution in [0, 0.1) is 0 Å². The molecule has 4 atom stereocenters. The van der Waals surface area contributed by atoms with E-state index in [2.05, 4.69) is 85.5 Å². The highest BCUT2D eigenvalue weighted by molar-refractivity contribution is 6.71. The molecule has 0 amide bonds. The second-order valence-corrected chi connectivity index (χ2v) is 33.5. The molecule has 0 N–H and O–H groups in total. The van der Waals surface area contributed by atoms with Crippen molar-refractivity contribution in [1.82, 2.24) is 0 Å². The molecule has 0 bridgehead atoms. The molecular formula is C31H70O6Si4. The van der Waals surface area contributed by atoms with E-state index < -0.39 is 33.3 Å². The van der Waals surface area contributed by atoms with Crippen LogP contribution in [0.5, 0.6) is 0 Å². The van der Waals surface area contributed by atoms with Gasteiger partial charge in [-0.05, 0) is 97.8 Å². The minimum atomic E-state index is -1.85. The van der Waals surface area contributed by atoms with Gasteiger partial charge in [-0.2, -0.15) is 0 Å². The lowest BCUT2D eigenvalue weighted by Gasteiger charge is -2.42. The van der Waals surface area contributed by atoms with Crippen molar-refractivity contribution in [3.8, 4) is 0 Å². The Morgan fingerprint density at radius 1 is 0.512 bits per heavy atom. The van der Waals surface area contributed by atoms with Crippen molar-refractivity contribution < 1.29 is 27.2 Å². The Morgan fingerprint density at radius 2 is 0.854 bits per heavy atom. The molecule has 41 heavy (non-hydrogen) atoms. The Hall–Kier alpha value is 0.178. The molecule has 4 unspecified atom stereocenters. The van der Waals surface area contributed by atoms with Gasteiger partial charge in [0.1, 0.15) is 0 Å². The number of esters is 1. The molecule has 6 nitrogen and oxygen atoms in total. The maximum Gasteiger partial charge on any atom is 0.305 e. The number of methoxy groups -OCH3 is 1. The zero-order valence-corrected chi connectivity index (χ0v) is 33.7. The van der Waals surface area contributed by atoms with Gasteiger partial charge in [0.15, 0.2) is 33.3 Å². The van der Waals surface area contributed by atoms with Crippen LogP contribution in [0.15, 0.2) is 0 Å². The SMILES string of the molecule is CCCCC(O[Si](C)(C)C)C(CC(O[Si](C)(C)C)C(CCCCCCCCC(=O)OC)O[Si](C)(C)C)O[Si](C)(C)C. The molecular weight excluding hydrogens is 581 g/mol. The Labute approximate surface area is 259 Å². The summed E-state index contributed by atoms with van der Waals surface area (Å²) in [5, 5.41) is 0. The van der Waals surface area contributed by atoms with Crippen molar-refractivity contribution in [3.63, 3.8) is 0 Å². The molecule has 0 fully saturated rings. The summed E-state index contributed by atoms with van der Waals surface area (Å²) in [6.45, 7) is 29.8. The maximum atomic E-state index is 11.4. The van der Waals surface area contributed by atoms with E-state index in [0.29, 0.717) is 6.42 Å². The molecule has 0 aliphatic rings. The normalized spacial score (nSPS) is 16.3. The molecule has 0 saturated heterocycles. The van der Waals surface area contributed by atoms with Crippen molar-refractivity contribution in [2.45, 2.75) is 187 Å². The van der Waals surface area contributed by atoms with E-state index in [0.717, 1.165) is 57.8 Å². The fourth-order valence-corrected chi connectivity index (χ4v) is 9.74. The van der Waals surface area contributed by atoms with E-state index in [9.17, 15) is 4.79 Å². The minimum absolute atomic E-state index is 0.00385. The summed E-state index contributed by atoms with van der Waals surface area (Å²) in [6.07, 6.45) is 12.5. The maximum absolute atomic E-state index is 11.4. The second kappa shape index (κ2) is 19.5. The van der Waals surface area contributed by atoms with Gasteiger partial charge < -0.3 is 22.4 Å². The summed E-state index contributed by atoms with van der Waals surface area (Å²) in [4.78, 5) is 11.4. The van der Waals surface area contributed by atoms with E-state index in [-0.39, 0.29) is 30.4 Å². The largest absolute Gasteiger partial charge is 0.469 e. The molecule has 0 aliphatic carbocycles. The van der Waals surface area contributed by atoms with Crippen LogP contribution in [0.2, 0.25) is 78.6 Å². The Kier molecular flexibility index (Phi) is 19.6. The first-order chi connectivity index (χ1) is 18.7. The third-order valence-electron chi connectivity index (χ3n) is 6.50. The highest BCUT2D eigenvalue weighted by Gasteiger charge is 2.38. The van der Waals surface area contributed by atoms with E-state index in [1.807, 2.05) is 0 Å². The van der Waals surface area contributed by atoms with Crippen LogP contribution in [0.3, 0.4) is 0 Å². The quantitative estimate of drug-likeness (QED) is 0.0589. The highest BCUT2D eigenvalue weighted by atomic mass is 28.4. The van der Waals surface area contributed by atoms with Crippen LogP contribution in [0.25, 0.3) is 0 Å². The van der Waals surface area contributed by atoms with Crippen molar-refractivity contribution in [3.05, 3.63) is 0 Å². The molecule has 0 aromatic rings. The Morgan fingerprint density at radius 3 is 1.22 bits per heavy atom. The molecule has 0 heterocycles.